The SMILES string of the molecule is COC(=O)C=C(C)Nc1occc1CC(=O)[O-].[Na+]. The van der Waals surface area contributed by atoms with Gasteiger partial charge in [0.05, 0.1) is 13.4 Å². The van der Waals surface area contributed by atoms with Crippen LogP contribution in [-0.4, -0.2) is 19.0 Å². The van der Waals surface area contributed by atoms with Crippen molar-refractivity contribution in [3.05, 3.63) is 29.7 Å². The third-order valence-electron chi connectivity index (χ3n) is 1.93. The van der Waals surface area contributed by atoms with Crippen molar-refractivity contribution >= 4 is 17.8 Å². The molecule has 1 rings (SSSR count). The molecule has 0 bridgehead atoms. The van der Waals surface area contributed by atoms with Gasteiger partial charge in [0, 0.05) is 29.7 Å². The number of ether oxygens (including phenoxy) is 1. The molecule has 1 aromatic rings. The number of nitrogens with one attached hydrogen (secondary N) is 1. The molecule has 0 radical (unpaired) electrons. The zero-order valence-electron chi connectivity index (χ0n) is 10.5. The maximum absolute atomic E-state index is 10.9. The molecule has 0 aromatic carbocycles. The number of carboxylic acids is 1. The summed E-state index contributed by atoms with van der Waals surface area (Å²) in [5.74, 6) is -1.45. The third-order valence-corrected chi connectivity index (χ3v) is 1.93. The van der Waals surface area contributed by atoms with Crippen molar-refractivity contribution in [1.29, 1.82) is 0 Å². The number of hydrogen-bond donors (Lipinski definition) is 1. The third kappa shape index (κ3) is 5.39. The summed E-state index contributed by atoms with van der Waals surface area (Å²) >= 11 is 0. The van der Waals surface area contributed by atoms with E-state index in [0.29, 0.717) is 11.3 Å². The zero-order chi connectivity index (χ0) is 12.8. The number of methoxy groups -OCH3 is 1. The summed E-state index contributed by atoms with van der Waals surface area (Å²) in [4.78, 5) is 21.4. The first-order valence-electron chi connectivity index (χ1n) is 4.82. The Morgan fingerprint density at radius 3 is 2.78 bits per heavy atom. The first-order valence-corrected chi connectivity index (χ1v) is 4.82. The van der Waals surface area contributed by atoms with Crippen molar-refractivity contribution < 1.29 is 53.4 Å². The number of anilines is 1. The molecule has 0 amide bonds. The second-order valence-electron chi connectivity index (χ2n) is 3.30. The van der Waals surface area contributed by atoms with Crippen molar-refractivity contribution in [3.8, 4) is 0 Å². The molecule has 0 saturated heterocycles. The standard InChI is InChI=1S/C11H13NO5.Na/c1-7(5-10(15)16-2)12-11-8(3-4-17-11)6-9(13)14;/h3-5,12H,6H2,1-2H3,(H,13,14);/q;+1/p-1. The van der Waals surface area contributed by atoms with Gasteiger partial charge >= 0.3 is 35.5 Å². The topological polar surface area (TPSA) is 91.6 Å². The van der Waals surface area contributed by atoms with Crippen molar-refractivity contribution in [3.63, 3.8) is 0 Å². The molecule has 0 aliphatic rings. The van der Waals surface area contributed by atoms with Crippen LogP contribution >= 0.6 is 0 Å². The van der Waals surface area contributed by atoms with E-state index >= 15 is 0 Å². The Kier molecular flexibility index (Phi) is 7.42. The van der Waals surface area contributed by atoms with Gasteiger partial charge in [-0.3, -0.25) is 0 Å². The Morgan fingerprint density at radius 2 is 2.22 bits per heavy atom. The molecule has 1 N–H and O–H groups in total. The van der Waals surface area contributed by atoms with Crippen molar-refractivity contribution in [2.24, 2.45) is 0 Å². The van der Waals surface area contributed by atoms with E-state index in [-0.39, 0.29) is 41.9 Å². The smallest absolute Gasteiger partial charge is 0.550 e. The van der Waals surface area contributed by atoms with Crippen LogP contribution in [0, 0.1) is 0 Å². The quantitative estimate of drug-likeness (QED) is 0.346. The molecule has 1 heterocycles. The second kappa shape index (κ2) is 7.97. The van der Waals surface area contributed by atoms with Gasteiger partial charge in [-0.2, -0.15) is 0 Å². The Bertz CT molecular complexity index is 452. The van der Waals surface area contributed by atoms with Crippen LogP contribution < -0.4 is 40.0 Å². The number of carboxylic acid groups (broad SMARTS) is 1. The first-order chi connectivity index (χ1) is 8.02. The summed E-state index contributed by atoms with van der Waals surface area (Å²) in [6, 6.07) is 1.52. The van der Waals surface area contributed by atoms with Crippen molar-refractivity contribution in [1.82, 2.24) is 0 Å². The molecule has 0 unspecified atom stereocenters. The van der Waals surface area contributed by atoms with E-state index in [2.05, 4.69) is 10.1 Å². The Morgan fingerprint density at radius 1 is 1.56 bits per heavy atom. The number of carbonyl (C=O) groups excluding carboxylic acids is 2. The van der Waals surface area contributed by atoms with Gasteiger partial charge in [0.15, 0.2) is 5.88 Å². The minimum absolute atomic E-state index is 0. The summed E-state index contributed by atoms with van der Waals surface area (Å²) in [5, 5.41) is 13.2. The molecule has 18 heavy (non-hydrogen) atoms. The fourth-order valence-electron chi connectivity index (χ4n) is 1.19. The monoisotopic (exact) mass is 261 g/mol. The largest absolute Gasteiger partial charge is 1.00 e. The molecule has 0 aliphatic heterocycles. The van der Waals surface area contributed by atoms with Crippen LogP contribution in [0.2, 0.25) is 0 Å². The van der Waals surface area contributed by atoms with E-state index in [1.54, 1.807) is 6.92 Å². The maximum Gasteiger partial charge on any atom is 1.00 e. The summed E-state index contributed by atoms with van der Waals surface area (Å²) in [7, 11) is 1.26. The Labute approximate surface area is 126 Å². The Hall–Kier alpha value is -1.24. The number of rotatable bonds is 5. The summed E-state index contributed by atoms with van der Waals surface area (Å²) in [6.07, 6.45) is 2.32. The first kappa shape index (κ1) is 16.8. The number of carbonyl (C=O) groups is 2. The predicted molar refractivity (Wildman–Crippen MR) is 56.8 cm³/mol. The Balaban J connectivity index is 0.00000289. The molecule has 92 valence electrons. The normalized spacial score (nSPS) is 10.4. The van der Waals surface area contributed by atoms with Gasteiger partial charge in [-0.1, -0.05) is 0 Å². The van der Waals surface area contributed by atoms with Crippen LogP contribution in [0.3, 0.4) is 0 Å². The molecule has 1 aromatic heterocycles. The molecule has 0 saturated carbocycles. The van der Waals surface area contributed by atoms with Crippen LogP contribution in [0.5, 0.6) is 0 Å². The average Bonchev–Trinajstić information content (AvgIpc) is 2.64. The molecule has 6 nitrogen and oxygen atoms in total. The van der Waals surface area contributed by atoms with Crippen LogP contribution in [0.4, 0.5) is 5.88 Å². The fourth-order valence-corrected chi connectivity index (χ4v) is 1.19. The van der Waals surface area contributed by atoms with Gasteiger partial charge < -0.3 is 24.4 Å². The molecule has 0 aliphatic carbocycles. The van der Waals surface area contributed by atoms with E-state index in [1.807, 2.05) is 0 Å². The van der Waals surface area contributed by atoms with Crippen LogP contribution in [-0.2, 0) is 20.7 Å². The summed E-state index contributed by atoms with van der Waals surface area (Å²) in [5.41, 5.74) is 0.925. The molecule has 0 spiro atoms. The summed E-state index contributed by atoms with van der Waals surface area (Å²) < 4.78 is 9.50. The molecular weight excluding hydrogens is 249 g/mol. The summed E-state index contributed by atoms with van der Waals surface area (Å²) in [6.45, 7) is 1.63. The van der Waals surface area contributed by atoms with Gasteiger partial charge in [-0.25, -0.2) is 4.79 Å². The number of furan rings is 1. The van der Waals surface area contributed by atoms with Gasteiger partial charge in [-0.05, 0) is 13.0 Å². The van der Waals surface area contributed by atoms with E-state index in [1.165, 1.54) is 25.5 Å². The van der Waals surface area contributed by atoms with E-state index in [9.17, 15) is 14.7 Å². The van der Waals surface area contributed by atoms with E-state index < -0.39 is 11.9 Å². The second-order valence-corrected chi connectivity index (χ2v) is 3.30. The molecular formula is C11H12NNaO5. The van der Waals surface area contributed by atoms with Gasteiger partial charge in [0.1, 0.15) is 0 Å². The fraction of sp³-hybridized carbons (Fsp3) is 0.273. The zero-order valence-corrected chi connectivity index (χ0v) is 12.5. The number of allylic oxidation sites excluding steroid dienone is 1. The minimum Gasteiger partial charge on any atom is -0.550 e. The number of aliphatic carboxylic acids is 1. The van der Waals surface area contributed by atoms with Gasteiger partial charge in [0.2, 0.25) is 0 Å². The number of hydrogen-bond acceptors (Lipinski definition) is 6. The van der Waals surface area contributed by atoms with Crippen molar-refractivity contribution in [2.75, 3.05) is 12.4 Å². The van der Waals surface area contributed by atoms with Crippen LogP contribution in [0.15, 0.2) is 28.5 Å². The van der Waals surface area contributed by atoms with Crippen LogP contribution in [0.1, 0.15) is 12.5 Å². The maximum atomic E-state index is 10.9. The molecule has 0 fully saturated rings. The van der Waals surface area contributed by atoms with Gasteiger partial charge in [0.25, 0.3) is 0 Å². The average molecular weight is 261 g/mol. The predicted octanol–water partition coefficient (Wildman–Crippen LogP) is -2.94. The number of esters is 1. The van der Waals surface area contributed by atoms with Crippen LogP contribution in [0.25, 0.3) is 0 Å². The van der Waals surface area contributed by atoms with E-state index in [0.717, 1.165) is 0 Å². The minimum atomic E-state index is -1.20. The molecule has 0 atom stereocenters. The molecule has 7 heteroatoms. The van der Waals surface area contributed by atoms with Crippen molar-refractivity contribution in [2.45, 2.75) is 13.3 Å². The van der Waals surface area contributed by atoms with E-state index in [4.69, 9.17) is 4.42 Å². The van der Waals surface area contributed by atoms with Gasteiger partial charge in [-0.15, -0.1) is 0 Å².